The highest BCUT2D eigenvalue weighted by Gasteiger charge is 2.92. The molecule has 0 saturated heterocycles. The molecule has 0 radical (unpaired) electrons. The molecule has 0 bridgehead atoms. The van der Waals surface area contributed by atoms with Crippen LogP contribution in [0.3, 0.4) is 0 Å². The van der Waals surface area contributed by atoms with E-state index in [4.69, 9.17) is 0 Å². The molecular weight excluding hydrogens is 332 g/mol. The average molecular weight is 356 g/mol. The normalized spacial score (nSPS) is 41.1. The van der Waals surface area contributed by atoms with E-state index in [0.29, 0.717) is 11.1 Å². The van der Waals surface area contributed by atoms with Crippen molar-refractivity contribution < 1.29 is 25.5 Å². The molecule has 5 N–H and O–H groups in total. The van der Waals surface area contributed by atoms with Crippen LogP contribution < -0.4 is 0 Å². The van der Waals surface area contributed by atoms with Crippen LogP contribution in [0.15, 0.2) is 48.5 Å². The van der Waals surface area contributed by atoms with Crippen molar-refractivity contribution in [2.75, 3.05) is 6.61 Å². The molecule has 5 nitrogen and oxygen atoms in total. The Morgan fingerprint density at radius 2 is 1.62 bits per heavy atom. The molecule has 0 amide bonds. The van der Waals surface area contributed by atoms with Gasteiger partial charge >= 0.3 is 0 Å². The number of aliphatic hydroxyl groups excluding tert-OH is 2. The van der Waals surface area contributed by atoms with Gasteiger partial charge in [0, 0.05) is 5.92 Å². The Hall–Kier alpha value is -1.76. The maximum Gasteiger partial charge on any atom is 0.137 e. The summed E-state index contributed by atoms with van der Waals surface area (Å²) in [5.41, 5.74) is -2.79. The minimum atomic E-state index is -2.03. The molecule has 2 aromatic rings. The molecule has 0 aromatic heterocycles. The first-order chi connectivity index (χ1) is 12.2. The summed E-state index contributed by atoms with van der Waals surface area (Å²) in [5, 5.41) is 54.5. The number of benzene rings is 2. The number of rotatable bonds is 3. The van der Waals surface area contributed by atoms with Gasteiger partial charge in [-0.2, -0.15) is 0 Å². The highest BCUT2D eigenvalue weighted by Crippen LogP contribution is 2.74. The lowest BCUT2D eigenvalue weighted by molar-refractivity contribution is -0.448. The zero-order valence-corrected chi connectivity index (χ0v) is 14.8. The number of aliphatic hydroxyl groups is 5. The van der Waals surface area contributed by atoms with Gasteiger partial charge in [0.05, 0.1) is 18.6 Å². The molecule has 4 rings (SSSR count). The predicted octanol–water partition coefficient (Wildman–Crippen LogP) is 0.745. The number of aryl methyl sites for hydroxylation is 2. The second kappa shape index (κ2) is 5.38. The molecule has 2 aliphatic carbocycles. The Labute approximate surface area is 152 Å². The third kappa shape index (κ3) is 1.73. The second-order valence-corrected chi connectivity index (χ2v) is 7.80. The molecule has 0 spiro atoms. The molecule has 5 heteroatoms. The molecule has 3 unspecified atom stereocenters. The van der Waals surface area contributed by atoms with Crippen molar-refractivity contribution in [2.24, 2.45) is 0 Å². The van der Waals surface area contributed by atoms with Crippen LogP contribution in [0.5, 0.6) is 0 Å². The van der Waals surface area contributed by atoms with Crippen molar-refractivity contribution in [3.63, 3.8) is 0 Å². The zero-order valence-electron chi connectivity index (χ0n) is 14.8. The maximum absolute atomic E-state index is 11.3. The summed E-state index contributed by atoms with van der Waals surface area (Å²) in [6, 6.07) is 14.3. The molecule has 2 fully saturated rings. The van der Waals surface area contributed by atoms with Crippen molar-refractivity contribution >= 4 is 0 Å². The molecule has 6 atom stereocenters. The SMILES string of the molecule is Cc1ccc(C2C(O)[C@@]3(O)C(c4ccccc4)[C@@](O)(CO)[C@@]23O)c(C)c1. The van der Waals surface area contributed by atoms with E-state index in [1.54, 1.807) is 36.4 Å². The molecule has 0 heterocycles. The van der Waals surface area contributed by atoms with Gasteiger partial charge in [0.1, 0.15) is 16.8 Å². The fourth-order valence-electron chi connectivity index (χ4n) is 5.33. The molecule has 138 valence electrons. The molecule has 2 saturated carbocycles. The maximum atomic E-state index is 11.3. The Morgan fingerprint density at radius 3 is 2.19 bits per heavy atom. The minimum Gasteiger partial charge on any atom is -0.393 e. The van der Waals surface area contributed by atoms with Crippen LogP contribution in [0.2, 0.25) is 0 Å². The zero-order chi connectivity index (χ0) is 18.9. The monoisotopic (exact) mass is 356 g/mol. The van der Waals surface area contributed by atoms with Crippen LogP contribution in [0.4, 0.5) is 0 Å². The van der Waals surface area contributed by atoms with Gasteiger partial charge in [-0.25, -0.2) is 0 Å². The van der Waals surface area contributed by atoms with Crippen LogP contribution in [-0.4, -0.2) is 55.0 Å². The summed E-state index contributed by atoms with van der Waals surface area (Å²) >= 11 is 0. The van der Waals surface area contributed by atoms with Gasteiger partial charge in [0.2, 0.25) is 0 Å². The van der Waals surface area contributed by atoms with Crippen molar-refractivity contribution in [1.29, 1.82) is 0 Å². The summed E-state index contributed by atoms with van der Waals surface area (Å²) < 4.78 is 0. The topological polar surface area (TPSA) is 101 Å². The summed E-state index contributed by atoms with van der Waals surface area (Å²) in [6.07, 6.45) is -1.26. The summed E-state index contributed by atoms with van der Waals surface area (Å²) in [5.74, 6) is -1.87. The summed E-state index contributed by atoms with van der Waals surface area (Å²) in [7, 11) is 0. The van der Waals surface area contributed by atoms with Crippen LogP contribution >= 0.6 is 0 Å². The molecule has 2 aromatic carbocycles. The van der Waals surface area contributed by atoms with E-state index >= 15 is 0 Å². The highest BCUT2D eigenvalue weighted by molar-refractivity contribution is 5.56. The molecule has 26 heavy (non-hydrogen) atoms. The first-order valence-corrected chi connectivity index (χ1v) is 8.81. The molecule has 0 aliphatic heterocycles. The first kappa shape index (κ1) is 17.6. The summed E-state index contributed by atoms with van der Waals surface area (Å²) in [6.45, 7) is 3.08. The minimum absolute atomic E-state index is 0.564. The fraction of sp³-hybridized carbons (Fsp3) is 0.429. The van der Waals surface area contributed by atoms with Crippen LogP contribution in [0.1, 0.15) is 34.1 Å². The van der Waals surface area contributed by atoms with E-state index in [1.807, 2.05) is 26.0 Å². The highest BCUT2D eigenvalue weighted by atomic mass is 16.4. The van der Waals surface area contributed by atoms with E-state index in [0.717, 1.165) is 11.1 Å². The van der Waals surface area contributed by atoms with E-state index in [9.17, 15) is 25.5 Å². The van der Waals surface area contributed by atoms with Crippen molar-refractivity contribution in [3.8, 4) is 0 Å². The van der Waals surface area contributed by atoms with Crippen LogP contribution in [0, 0.1) is 13.8 Å². The number of hydrogen-bond donors (Lipinski definition) is 5. The van der Waals surface area contributed by atoms with Crippen molar-refractivity contribution in [3.05, 3.63) is 70.8 Å². The summed E-state index contributed by atoms with van der Waals surface area (Å²) in [4.78, 5) is 0. The Bertz CT molecular complexity index is 841. The largest absolute Gasteiger partial charge is 0.393 e. The standard InChI is InChI=1S/C21H24O5/c1-12-8-9-15(13(2)10-12)16-18(23)20(25)17(14-6-4-3-5-7-14)19(24,11-22)21(16,20)26/h3-10,16-18,22-26H,11H2,1-2H3/t16?,17?,18?,19-,20-,21-/m0/s1. The Kier molecular flexibility index (Phi) is 3.65. The lowest BCUT2D eigenvalue weighted by Gasteiger charge is -2.79. The predicted molar refractivity (Wildman–Crippen MR) is 95.8 cm³/mol. The van der Waals surface area contributed by atoms with Gasteiger partial charge in [-0.1, -0.05) is 54.1 Å². The number of fused-ring (bicyclic) bond motifs is 1. The Balaban J connectivity index is 1.83. The number of hydrogen-bond acceptors (Lipinski definition) is 5. The van der Waals surface area contributed by atoms with Gasteiger partial charge in [0.15, 0.2) is 0 Å². The fourth-order valence-corrected chi connectivity index (χ4v) is 5.33. The molecular formula is C21H24O5. The van der Waals surface area contributed by atoms with Crippen LogP contribution in [0.25, 0.3) is 0 Å². The lowest BCUT2D eigenvalue weighted by atomic mass is 9.31. The van der Waals surface area contributed by atoms with E-state index < -0.39 is 41.3 Å². The van der Waals surface area contributed by atoms with Gasteiger partial charge < -0.3 is 25.5 Å². The van der Waals surface area contributed by atoms with Crippen molar-refractivity contribution in [1.82, 2.24) is 0 Å². The van der Waals surface area contributed by atoms with Crippen molar-refractivity contribution in [2.45, 2.75) is 48.6 Å². The van der Waals surface area contributed by atoms with Gasteiger partial charge in [-0.15, -0.1) is 0 Å². The van der Waals surface area contributed by atoms with Crippen LogP contribution in [-0.2, 0) is 0 Å². The lowest BCUT2D eigenvalue weighted by Crippen LogP contribution is -2.98. The average Bonchev–Trinajstić information content (AvgIpc) is 2.63. The van der Waals surface area contributed by atoms with E-state index in [-0.39, 0.29) is 0 Å². The smallest absolute Gasteiger partial charge is 0.137 e. The third-order valence-corrected chi connectivity index (χ3v) is 6.54. The van der Waals surface area contributed by atoms with E-state index in [2.05, 4.69) is 0 Å². The first-order valence-electron chi connectivity index (χ1n) is 8.81. The van der Waals surface area contributed by atoms with Gasteiger partial charge in [-0.05, 0) is 30.5 Å². The van der Waals surface area contributed by atoms with Gasteiger partial charge in [-0.3, -0.25) is 0 Å². The molecule has 2 aliphatic rings. The van der Waals surface area contributed by atoms with Gasteiger partial charge in [0.25, 0.3) is 0 Å². The Morgan fingerprint density at radius 1 is 0.962 bits per heavy atom. The van der Waals surface area contributed by atoms with E-state index in [1.165, 1.54) is 0 Å². The second-order valence-electron chi connectivity index (χ2n) is 7.80. The third-order valence-electron chi connectivity index (χ3n) is 6.54. The quantitative estimate of drug-likeness (QED) is 0.559.